The highest BCUT2D eigenvalue weighted by Gasteiger charge is 2.34. The summed E-state index contributed by atoms with van der Waals surface area (Å²) in [6, 6.07) is 10.1. The van der Waals surface area contributed by atoms with Gasteiger partial charge >= 0.3 is 0 Å². The molecule has 5 heteroatoms. The van der Waals surface area contributed by atoms with Crippen molar-refractivity contribution in [3.05, 3.63) is 42.0 Å². The lowest BCUT2D eigenvalue weighted by atomic mass is 10.0. The third-order valence-corrected chi connectivity index (χ3v) is 4.90. The second-order valence-corrected chi connectivity index (χ2v) is 7.33. The summed E-state index contributed by atoms with van der Waals surface area (Å²) in [6.07, 6.45) is 3.88. The van der Waals surface area contributed by atoms with Gasteiger partial charge in [0.2, 0.25) is 11.8 Å². The summed E-state index contributed by atoms with van der Waals surface area (Å²) in [5.74, 6) is 2.53. The number of aromatic nitrogens is 1. The van der Waals surface area contributed by atoms with Gasteiger partial charge in [-0.15, -0.1) is 0 Å². The number of carbonyl (C=O) groups is 1. The molecular formula is C19H24N2O2S. The fourth-order valence-electron chi connectivity index (χ4n) is 3.21. The molecule has 128 valence electrons. The van der Waals surface area contributed by atoms with Gasteiger partial charge < -0.3 is 9.32 Å². The Balaban J connectivity index is 1.95. The zero-order valence-corrected chi connectivity index (χ0v) is 15.3. The Bertz CT molecular complexity index is 697. The fourth-order valence-corrected chi connectivity index (χ4v) is 3.63. The van der Waals surface area contributed by atoms with E-state index in [0.29, 0.717) is 11.6 Å². The molecule has 1 aliphatic heterocycles. The Labute approximate surface area is 147 Å². The van der Waals surface area contributed by atoms with Crippen LogP contribution in [-0.4, -0.2) is 34.3 Å². The van der Waals surface area contributed by atoms with Gasteiger partial charge in [0, 0.05) is 18.0 Å². The molecular weight excluding hydrogens is 320 g/mol. The Kier molecular flexibility index (Phi) is 5.29. The average molecular weight is 344 g/mol. The maximum atomic E-state index is 12.4. The number of carbonyl (C=O) groups excluding carboxylic acids is 1. The van der Waals surface area contributed by atoms with Crippen molar-refractivity contribution < 1.29 is 9.21 Å². The van der Waals surface area contributed by atoms with E-state index in [9.17, 15) is 4.79 Å². The van der Waals surface area contributed by atoms with Crippen molar-refractivity contribution in [2.24, 2.45) is 0 Å². The van der Waals surface area contributed by atoms with Crippen molar-refractivity contribution in [2.75, 3.05) is 18.6 Å². The van der Waals surface area contributed by atoms with Gasteiger partial charge in [0.05, 0.1) is 5.75 Å². The summed E-state index contributed by atoms with van der Waals surface area (Å²) in [5.41, 5.74) is 1.97. The minimum absolute atomic E-state index is 0.0281. The maximum Gasteiger partial charge on any atom is 0.233 e. The lowest BCUT2D eigenvalue weighted by Crippen LogP contribution is -2.32. The van der Waals surface area contributed by atoms with Crippen LogP contribution in [0.2, 0.25) is 0 Å². The number of nitrogens with zero attached hydrogens (tertiary/aromatic N) is 2. The van der Waals surface area contributed by atoms with Crippen LogP contribution in [0.1, 0.15) is 50.3 Å². The lowest BCUT2D eigenvalue weighted by molar-refractivity contribution is -0.129. The predicted molar refractivity (Wildman–Crippen MR) is 98.1 cm³/mol. The normalized spacial score (nSPS) is 17.7. The maximum absolute atomic E-state index is 12.4. The van der Waals surface area contributed by atoms with E-state index in [2.05, 4.69) is 26.0 Å². The van der Waals surface area contributed by atoms with E-state index in [0.717, 1.165) is 36.4 Å². The van der Waals surface area contributed by atoms with Crippen LogP contribution in [0.4, 0.5) is 0 Å². The van der Waals surface area contributed by atoms with Crippen LogP contribution in [0, 0.1) is 0 Å². The van der Waals surface area contributed by atoms with Crippen molar-refractivity contribution >= 4 is 17.7 Å². The van der Waals surface area contributed by atoms with Crippen LogP contribution in [0.3, 0.4) is 0 Å². The van der Waals surface area contributed by atoms with Gasteiger partial charge in [0.15, 0.2) is 0 Å². The number of rotatable bonds is 5. The van der Waals surface area contributed by atoms with Crippen LogP contribution in [-0.2, 0) is 4.79 Å². The summed E-state index contributed by atoms with van der Waals surface area (Å²) >= 11 is 1.56. The molecule has 0 saturated carbocycles. The molecule has 1 aromatic carbocycles. The summed E-state index contributed by atoms with van der Waals surface area (Å²) in [4.78, 5) is 19.1. The molecule has 4 nitrogen and oxygen atoms in total. The van der Waals surface area contributed by atoms with Crippen LogP contribution in [0.25, 0.3) is 11.3 Å². The summed E-state index contributed by atoms with van der Waals surface area (Å²) in [5, 5.41) is 0. The van der Waals surface area contributed by atoms with Crippen LogP contribution < -0.4 is 0 Å². The molecule has 1 unspecified atom stereocenters. The molecule has 0 spiro atoms. The van der Waals surface area contributed by atoms with E-state index >= 15 is 0 Å². The molecule has 0 bridgehead atoms. The standard InChI is InChI=1S/C19H24N2O2S/c1-13(2)18-17(14-8-5-4-6-9-14)20-19(23-18)15-10-7-11-21(15)16(22)12-24-3/h4-6,8-9,13,15H,7,10-12H2,1-3H3. The second-order valence-electron chi connectivity index (χ2n) is 6.46. The molecule has 1 amide bonds. The third-order valence-electron chi connectivity index (χ3n) is 4.37. The number of amides is 1. The van der Waals surface area contributed by atoms with Gasteiger partial charge in [-0.05, 0) is 19.1 Å². The fraction of sp³-hybridized carbons (Fsp3) is 0.474. The second kappa shape index (κ2) is 7.43. The molecule has 0 N–H and O–H groups in total. The molecule has 1 aliphatic rings. The van der Waals surface area contributed by atoms with E-state index < -0.39 is 0 Å². The first-order valence-electron chi connectivity index (χ1n) is 8.46. The molecule has 1 fully saturated rings. The summed E-state index contributed by atoms with van der Waals surface area (Å²) in [7, 11) is 0. The summed E-state index contributed by atoms with van der Waals surface area (Å²) < 4.78 is 6.16. The molecule has 0 radical (unpaired) electrons. The van der Waals surface area contributed by atoms with Gasteiger partial charge in [-0.3, -0.25) is 4.79 Å². The van der Waals surface area contributed by atoms with Gasteiger partial charge in [-0.2, -0.15) is 11.8 Å². The number of likely N-dealkylation sites (tertiary alicyclic amines) is 1. The molecule has 2 aromatic rings. The third kappa shape index (κ3) is 3.36. The van der Waals surface area contributed by atoms with Crippen molar-refractivity contribution in [1.29, 1.82) is 0 Å². The quantitative estimate of drug-likeness (QED) is 0.801. The van der Waals surface area contributed by atoms with Crippen molar-refractivity contribution in [1.82, 2.24) is 9.88 Å². The molecule has 0 aliphatic carbocycles. The minimum Gasteiger partial charge on any atom is -0.442 e. The Hall–Kier alpha value is -1.75. The summed E-state index contributed by atoms with van der Waals surface area (Å²) in [6.45, 7) is 5.02. The van der Waals surface area contributed by atoms with Gasteiger partial charge in [-0.25, -0.2) is 4.98 Å². The largest absolute Gasteiger partial charge is 0.442 e. The SMILES string of the molecule is CSCC(=O)N1CCCC1c1nc(-c2ccccc2)c(C(C)C)o1. The number of thioether (sulfide) groups is 1. The Morgan fingerprint density at radius 3 is 2.79 bits per heavy atom. The average Bonchev–Trinajstić information content (AvgIpc) is 3.22. The van der Waals surface area contributed by atoms with Crippen molar-refractivity contribution in [2.45, 2.75) is 38.6 Å². The first-order chi connectivity index (χ1) is 11.6. The zero-order chi connectivity index (χ0) is 17.1. The Morgan fingerprint density at radius 1 is 1.38 bits per heavy atom. The molecule has 3 rings (SSSR count). The highest BCUT2D eigenvalue weighted by atomic mass is 32.2. The molecule has 1 saturated heterocycles. The van der Waals surface area contributed by atoms with Gasteiger partial charge in [0.1, 0.15) is 17.5 Å². The van der Waals surface area contributed by atoms with E-state index in [1.165, 1.54) is 0 Å². The van der Waals surface area contributed by atoms with Crippen molar-refractivity contribution in [3.8, 4) is 11.3 Å². The number of oxazole rings is 1. The van der Waals surface area contributed by atoms with E-state index in [-0.39, 0.29) is 17.9 Å². The number of hydrogen-bond acceptors (Lipinski definition) is 4. The smallest absolute Gasteiger partial charge is 0.233 e. The predicted octanol–water partition coefficient (Wildman–Crippen LogP) is 4.49. The van der Waals surface area contributed by atoms with Crippen molar-refractivity contribution in [3.63, 3.8) is 0 Å². The monoisotopic (exact) mass is 344 g/mol. The lowest BCUT2D eigenvalue weighted by Gasteiger charge is -2.21. The zero-order valence-electron chi connectivity index (χ0n) is 14.5. The van der Waals surface area contributed by atoms with Gasteiger partial charge in [-0.1, -0.05) is 44.2 Å². The topological polar surface area (TPSA) is 46.3 Å². The first-order valence-corrected chi connectivity index (χ1v) is 9.85. The Morgan fingerprint density at radius 2 is 2.12 bits per heavy atom. The number of benzene rings is 1. The number of hydrogen-bond donors (Lipinski definition) is 0. The van der Waals surface area contributed by atoms with Crippen LogP contribution in [0.5, 0.6) is 0 Å². The highest BCUT2D eigenvalue weighted by Crippen LogP contribution is 2.37. The highest BCUT2D eigenvalue weighted by molar-refractivity contribution is 7.99. The molecule has 2 heterocycles. The van der Waals surface area contributed by atoms with E-state index in [1.54, 1.807) is 11.8 Å². The first kappa shape index (κ1) is 17.1. The van der Waals surface area contributed by atoms with Crippen LogP contribution in [0.15, 0.2) is 34.7 Å². The van der Waals surface area contributed by atoms with E-state index in [4.69, 9.17) is 9.40 Å². The van der Waals surface area contributed by atoms with Gasteiger partial charge in [0.25, 0.3) is 0 Å². The molecule has 1 aromatic heterocycles. The van der Waals surface area contributed by atoms with E-state index in [1.807, 2.05) is 29.4 Å². The van der Waals surface area contributed by atoms with Crippen LogP contribution >= 0.6 is 11.8 Å². The molecule has 1 atom stereocenters. The minimum atomic E-state index is -0.0281. The molecule has 24 heavy (non-hydrogen) atoms.